The second-order valence-corrected chi connectivity index (χ2v) is 12.6. The number of aryl methyl sites for hydroxylation is 2. The third kappa shape index (κ3) is 7.77. The Morgan fingerprint density at radius 2 is 1.45 bits per heavy atom. The molecule has 0 aliphatic carbocycles. The van der Waals surface area contributed by atoms with Gasteiger partial charge in [-0.05, 0) is 99.3 Å². The summed E-state index contributed by atoms with van der Waals surface area (Å²) in [5.74, 6) is -0.854. The Bertz CT molecular complexity index is 1440. The fourth-order valence-electron chi connectivity index (χ4n) is 3.98. The first-order valence-electron chi connectivity index (χ1n) is 13.0. The summed E-state index contributed by atoms with van der Waals surface area (Å²) in [5.41, 5.74) is 2.95. The third-order valence-electron chi connectivity index (χ3n) is 6.89. The lowest BCUT2D eigenvalue weighted by molar-refractivity contribution is -0.139. The number of benzene rings is 3. The zero-order valence-electron chi connectivity index (χ0n) is 23.3. The number of anilines is 1. The molecule has 3 rings (SSSR count). The molecule has 0 bridgehead atoms. The molecule has 1 N–H and O–H groups in total. The quantitative estimate of drug-likeness (QED) is 0.285. The summed E-state index contributed by atoms with van der Waals surface area (Å²) in [5, 5.41) is 3.85. The van der Waals surface area contributed by atoms with Crippen LogP contribution in [0.2, 0.25) is 10.0 Å². The van der Waals surface area contributed by atoms with Crippen molar-refractivity contribution >= 4 is 50.7 Å². The molecule has 0 aliphatic heterocycles. The average Bonchev–Trinajstić information content (AvgIpc) is 2.92. The van der Waals surface area contributed by atoms with Gasteiger partial charge in [0.05, 0.1) is 10.6 Å². The van der Waals surface area contributed by atoms with Crippen molar-refractivity contribution in [3.05, 3.63) is 93.5 Å². The van der Waals surface area contributed by atoms with Crippen LogP contribution in [0.25, 0.3) is 0 Å². The van der Waals surface area contributed by atoms with E-state index in [2.05, 4.69) is 5.32 Å². The van der Waals surface area contributed by atoms with E-state index in [9.17, 15) is 18.0 Å². The summed E-state index contributed by atoms with van der Waals surface area (Å²) in [4.78, 5) is 28.5. The van der Waals surface area contributed by atoms with E-state index >= 15 is 0 Å². The van der Waals surface area contributed by atoms with Crippen molar-refractivity contribution in [2.24, 2.45) is 0 Å². The fraction of sp³-hybridized carbons (Fsp3) is 0.333. The topological polar surface area (TPSA) is 86.8 Å². The minimum absolute atomic E-state index is 0.00487. The van der Waals surface area contributed by atoms with Crippen LogP contribution in [-0.2, 0) is 26.2 Å². The van der Waals surface area contributed by atoms with Crippen LogP contribution in [0.4, 0.5) is 5.69 Å². The van der Waals surface area contributed by atoms with E-state index in [-0.39, 0.29) is 23.4 Å². The molecule has 0 unspecified atom stereocenters. The van der Waals surface area contributed by atoms with Crippen LogP contribution >= 0.6 is 23.2 Å². The zero-order chi connectivity index (χ0) is 29.6. The number of halogens is 2. The fourth-order valence-corrected chi connectivity index (χ4v) is 5.64. The molecule has 0 fully saturated rings. The van der Waals surface area contributed by atoms with E-state index in [1.807, 2.05) is 33.8 Å². The molecule has 3 aromatic carbocycles. The van der Waals surface area contributed by atoms with Crippen molar-refractivity contribution in [1.29, 1.82) is 0 Å². The highest BCUT2D eigenvalue weighted by Gasteiger charge is 2.33. The van der Waals surface area contributed by atoms with Crippen molar-refractivity contribution in [3.8, 4) is 0 Å². The number of hydrogen-bond donors (Lipinski definition) is 1. The van der Waals surface area contributed by atoms with Gasteiger partial charge < -0.3 is 10.2 Å². The Labute approximate surface area is 247 Å². The number of nitrogens with zero attached hydrogens (tertiary/aromatic N) is 2. The van der Waals surface area contributed by atoms with Crippen LogP contribution in [0.5, 0.6) is 0 Å². The predicted octanol–water partition coefficient (Wildman–Crippen LogP) is 6.14. The first-order valence-corrected chi connectivity index (χ1v) is 15.2. The summed E-state index contributed by atoms with van der Waals surface area (Å²) in [6, 6.07) is 17.0. The van der Waals surface area contributed by atoms with Gasteiger partial charge in [0.2, 0.25) is 11.8 Å². The van der Waals surface area contributed by atoms with E-state index < -0.39 is 28.5 Å². The average molecular weight is 605 g/mol. The maximum Gasteiger partial charge on any atom is 0.264 e. The van der Waals surface area contributed by atoms with E-state index in [1.165, 1.54) is 29.2 Å². The Kier molecular flexibility index (Phi) is 10.6. The van der Waals surface area contributed by atoms with Crippen molar-refractivity contribution in [3.63, 3.8) is 0 Å². The second-order valence-electron chi connectivity index (χ2n) is 9.88. The molecule has 2 atom stereocenters. The summed E-state index contributed by atoms with van der Waals surface area (Å²) in [6.07, 6.45) is 0.726. The molecule has 7 nitrogen and oxygen atoms in total. The number of hydrogen-bond acceptors (Lipinski definition) is 4. The van der Waals surface area contributed by atoms with E-state index in [4.69, 9.17) is 23.2 Å². The molecule has 0 aliphatic rings. The van der Waals surface area contributed by atoms with Gasteiger partial charge in [-0.15, -0.1) is 0 Å². The molecule has 0 radical (unpaired) electrons. The normalized spacial score (nSPS) is 12.9. The molecule has 0 spiro atoms. The number of carbonyl (C=O) groups excluding carboxylic acids is 2. The van der Waals surface area contributed by atoms with Gasteiger partial charge in [-0.2, -0.15) is 0 Å². The maximum absolute atomic E-state index is 14.0. The van der Waals surface area contributed by atoms with E-state index in [1.54, 1.807) is 43.3 Å². The Morgan fingerprint density at radius 1 is 0.875 bits per heavy atom. The monoisotopic (exact) mass is 603 g/mol. The SMILES string of the molecule is CC[C@H](C)NC(=O)[C@H](C)N(Cc1ccc(Cl)cc1)C(=O)CN(c1ccc(C)c(C)c1)S(=O)(=O)c1ccc(Cl)cc1. The molecule has 214 valence electrons. The molecule has 0 saturated carbocycles. The maximum atomic E-state index is 14.0. The Balaban J connectivity index is 2.04. The highest BCUT2D eigenvalue weighted by Crippen LogP contribution is 2.27. The van der Waals surface area contributed by atoms with Gasteiger partial charge in [0.1, 0.15) is 12.6 Å². The number of nitrogens with one attached hydrogen (secondary N) is 1. The van der Waals surface area contributed by atoms with E-state index in [0.717, 1.165) is 27.4 Å². The lowest BCUT2D eigenvalue weighted by Gasteiger charge is -2.32. The second kappa shape index (κ2) is 13.5. The molecule has 3 aromatic rings. The summed E-state index contributed by atoms with van der Waals surface area (Å²) < 4.78 is 28.9. The van der Waals surface area contributed by atoms with Crippen LogP contribution in [-0.4, -0.2) is 43.8 Å². The highest BCUT2D eigenvalue weighted by atomic mass is 35.5. The van der Waals surface area contributed by atoms with Gasteiger partial charge in [0.15, 0.2) is 0 Å². The first-order chi connectivity index (χ1) is 18.8. The van der Waals surface area contributed by atoms with Crippen LogP contribution in [0, 0.1) is 13.8 Å². The minimum Gasteiger partial charge on any atom is -0.352 e. The molecular weight excluding hydrogens is 569 g/mol. The molecular formula is C30H35Cl2N3O4S. The van der Waals surface area contributed by atoms with Gasteiger partial charge in [0, 0.05) is 22.6 Å². The zero-order valence-corrected chi connectivity index (χ0v) is 25.6. The summed E-state index contributed by atoms with van der Waals surface area (Å²) >= 11 is 12.1. The van der Waals surface area contributed by atoms with Gasteiger partial charge >= 0.3 is 0 Å². The third-order valence-corrected chi connectivity index (χ3v) is 9.19. The van der Waals surface area contributed by atoms with E-state index in [0.29, 0.717) is 15.7 Å². The van der Waals surface area contributed by atoms with Crippen molar-refractivity contribution in [2.75, 3.05) is 10.8 Å². The van der Waals surface area contributed by atoms with Crippen LogP contribution in [0.15, 0.2) is 71.6 Å². The van der Waals surface area contributed by atoms with Crippen molar-refractivity contribution in [2.45, 2.75) is 64.6 Å². The number of rotatable bonds is 11. The standard InChI is InChI=1S/C30H35Cl2N3O4S/c1-6-22(4)33-30(37)23(5)34(18-24-8-10-25(31)11-9-24)29(36)19-35(27-14-7-20(2)21(3)17-27)40(38,39)28-15-12-26(32)13-16-28/h7-17,22-23H,6,18-19H2,1-5H3,(H,33,37)/t22-,23-/m0/s1. The largest absolute Gasteiger partial charge is 0.352 e. The molecule has 40 heavy (non-hydrogen) atoms. The molecule has 0 aromatic heterocycles. The van der Waals surface area contributed by atoms with Gasteiger partial charge in [0.25, 0.3) is 10.0 Å². The smallest absolute Gasteiger partial charge is 0.264 e. The van der Waals surface area contributed by atoms with Gasteiger partial charge in [-0.3, -0.25) is 13.9 Å². The van der Waals surface area contributed by atoms with Crippen LogP contribution < -0.4 is 9.62 Å². The number of amides is 2. The lowest BCUT2D eigenvalue weighted by atomic mass is 10.1. The summed E-state index contributed by atoms with van der Waals surface area (Å²) in [6.45, 7) is 8.86. The molecule has 10 heteroatoms. The van der Waals surface area contributed by atoms with Crippen molar-refractivity contribution < 1.29 is 18.0 Å². The van der Waals surface area contributed by atoms with Crippen LogP contribution in [0.3, 0.4) is 0 Å². The lowest BCUT2D eigenvalue weighted by Crippen LogP contribution is -2.52. The van der Waals surface area contributed by atoms with Crippen LogP contribution in [0.1, 0.15) is 43.9 Å². The number of sulfonamides is 1. The molecule has 2 amide bonds. The van der Waals surface area contributed by atoms with Gasteiger partial charge in [-0.25, -0.2) is 8.42 Å². The molecule has 0 saturated heterocycles. The summed E-state index contributed by atoms with van der Waals surface area (Å²) in [7, 11) is -4.17. The molecule has 0 heterocycles. The van der Waals surface area contributed by atoms with Crippen molar-refractivity contribution in [1.82, 2.24) is 10.2 Å². The van der Waals surface area contributed by atoms with Gasteiger partial charge in [-0.1, -0.05) is 48.3 Å². The predicted molar refractivity (Wildman–Crippen MR) is 161 cm³/mol. The first kappa shape index (κ1) is 31.5. The number of carbonyl (C=O) groups is 2. The Morgan fingerprint density at radius 3 is 2.00 bits per heavy atom. The highest BCUT2D eigenvalue weighted by molar-refractivity contribution is 7.92. The Hall–Kier alpha value is -3.07. The minimum atomic E-state index is -4.17.